The zero-order chi connectivity index (χ0) is 22.1. The maximum atomic E-state index is 15.4. The second-order valence-corrected chi connectivity index (χ2v) is 10.6. The minimum Gasteiger partial charge on any atom is -0.310 e. The number of rotatable bonds is 7. The van der Waals surface area contributed by atoms with Crippen molar-refractivity contribution in [3.8, 4) is 10.4 Å². The number of hydrogen-bond acceptors (Lipinski definition) is 3. The zero-order valence-corrected chi connectivity index (χ0v) is 19.3. The van der Waals surface area contributed by atoms with Crippen LogP contribution in [0.2, 0.25) is 0 Å². The first-order chi connectivity index (χ1) is 15.5. The summed E-state index contributed by atoms with van der Waals surface area (Å²) in [5, 5.41) is 3.51. The Bertz CT molecular complexity index is 1040. The molecule has 2 aromatic carbocycles. The van der Waals surface area contributed by atoms with Gasteiger partial charge in [-0.15, -0.1) is 11.3 Å². The second kappa shape index (κ2) is 9.05. The lowest BCUT2D eigenvalue weighted by molar-refractivity contribution is 0.0544. The van der Waals surface area contributed by atoms with Crippen LogP contribution in [-0.2, 0) is 6.54 Å². The number of halogens is 2. The van der Waals surface area contributed by atoms with E-state index >= 15 is 4.39 Å². The number of hydrogen-bond donors (Lipinski definition) is 1. The Balaban J connectivity index is 1.08. The first-order valence-corrected chi connectivity index (χ1v) is 12.3. The van der Waals surface area contributed by atoms with E-state index in [1.165, 1.54) is 28.1 Å². The van der Waals surface area contributed by atoms with Gasteiger partial charge in [-0.05, 0) is 61.6 Å². The summed E-state index contributed by atoms with van der Waals surface area (Å²) in [7, 11) is 0. The van der Waals surface area contributed by atoms with Gasteiger partial charge in [0.25, 0.3) is 0 Å². The van der Waals surface area contributed by atoms with E-state index in [0.29, 0.717) is 31.3 Å². The molecule has 3 aromatic rings. The van der Waals surface area contributed by atoms with Crippen LogP contribution >= 0.6 is 11.3 Å². The Morgan fingerprint density at radius 3 is 2.44 bits per heavy atom. The predicted molar refractivity (Wildman–Crippen MR) is 128 cm³/mol. The van der Waals surface area contributed by atoms with E-state index in [0.717, 1.165) is 36.5 Å². The molecule has 1 aliphatic heterocycles. The Kier molecular flexibility index (Phi) is 6.15. The van der Waals surface area contributed by atoms with Crippen LogP contribution < -0.4 is 5.32 Å². The highest BCUT2D eigenvalue weighted by Gasteiger charge is 2.42. The topological polar surface area (TPSA) is 15.3 Å². The molecule has 0 bridgehead atoms. The molecule has 2 aliphatic rings. The van der Waals surface area contributed by atoms with E-state index in [4.69, 9.17) is 0 Å². The molecule has 5 rings (SSSR count). The lowest BCUT2D eigenvalue weighted by Gasteiger charge is -2.36. The van der Waals surface area contributed by atoms with Gasteiger partial charge in [-0.2, -0.15) is 0 Å². The molecule has 1 aliphatic carbocycles. The van der Waals surface area contributed by atoms with Gasteiger partial charge < -0.3 is 5.32 Å². The maximum Gasteiger partial charge on any atom is 0.125 e. The number of aryl methyl sites for hydroxylation is 1. The Morgan fingerprint density at radius 1 is 1.00 bits per heavy atom. The average Bonchev–Trinajstić information content (AvgIpc) is 3.42. The highest BCUT2D eigenvalue weighted by molar-refractivity contribution is 7.15. The Labute approximate surface area is 193 Å². The minimum atomic E-state index is -1.11. The van der Waals surface area contributed by atoms with Crippen LogP contribution in [0.3, 0.4) is 0 Å². The number of alkyl halides is 1. The molecular weight excluding hydrogens is 422 g/mol. The van der Waals surface area contributed by atoms with Crippen molar-refractivity contribution in [2.75, 3.05) is 19.6 Å². The van der Waals surface area contributed by atoms with E-state index in [9.17, 15) is 4.39 Å². The van der Waals surface area contributed by atoms with Crippen LogP contribution in [0.15, 0.2) is 60.7 Å². The van der Waals surface area contributed by atoms with E-state index < -0.39 is 5.67 Å². The van der Waals surface area contributed by atoms with Crippen LogP contribution in [-0.4, -0.2) is 36.2 Å². The van der Waals surface area contributed by atoms with Crippen molar-refractivity contribution in [3.63, 3.8) is 0 Å². The van der Waals surface area contributed by atoms with E-state index in [-0.39, 0.29) is 5.82 Å². The third kappa shape index (κ3) is 5.11. The van der Waals surface area contributed by atoms with Crippen LogP contribution in [0, 0.1) is 12.7 Å². The molecule has 2 atom stereocenters. The molecule has 1 saturated heterocycles. The molecule has 1 N–H and O–H groups in total. The summed E-state index contributed by atoms with van der Waals surface area (Å²) in [6.07, 6.45) is 2.26. The van der Waals surface area contributed by atoms with Gasteiger partial charge in [0.1, 0.15) is 11.5 Å². The van der Waals surface area contributed by atoms with Gasteiger partial charge in [0.15, 0.2) is 0 Å². The number of nitrogens with one attached hydrogen (secondary N) is 1. The van der Waals surface area contributed by atoms with Crippen molar-refractivity contribution in [2.24, 2.45) is 0 Å². The van der Waals surface area contributed by atoms with E-state index in [1.807, 2.05) is 12.1 Å². The summed E-state index contributed by atoms with van der Waals surface area (Å²) >= 11 is 1.77. The molecular formula is C27H30F2N2S. The smallest absolute Gasteiger partial charge is 0.125 e. The van der Waals surface area contributed by atoms with Crippen LogP contribution in [0.5, 0.6) is 0 Å². The zero-order valence-electron chi connectivity index (χ0n) is 18.5. The molecule has 168 valence electrons. The molecule has 1 saturated carbocycles. The molecule has 1 aromatic heterocycles. The van der Waals surface area contributed by atoms with Gasteiger partial charge in [0.05, 0.1) is 0 Å². The number of benzene rings is 2. The highest BCUT2D eigenvalue weighted by atomic mass is 32.1. The molecule has 2 nitrogen and oxygen atoms in total. The van der Waals surface area contributed by atoms with Gasteiger partial charge in [-0.25, -0.2) is 8.78 Å². The molecule has 0 spiro atoms. The third-order valence-electron chi connectivity index (χ3n) is 6.87. The number of nitrogens with zero attached hydrogens (tertiary/aromatic N) is 1. The largest absolute Gasteiger partial charge is 0.310 e. The van der Waals surface area contributed by atoms with Crippen molar-refractivity contribution in [1.29, 1.82) is 0 Å². The van der Waals surface area contributed by atoms with Crippen molar-refractivity contribution < 1.29 is 8.78 Å². The van der Waals surface area contributed by atoms with Gasteiger partial charge >= 0.3 is 0 Å². The first kappa shape index (κ1) is 21.7. The first-order valence-electron chi connectivity index (χ1n) is 11.5. The van der Waals surface area contributed by atoms with E-state index in [1.54, 1.807) is 11.3 Å². The lowest BCUT2D eigenvalue weighted by atomic mass is 9.93. The summed E-state index contributed by atoms with van der Waals surface area (Å²) < 4.78 is 28.6. The highest BCUT2D eigenvalue weighted by Crippen LogP contribution is 2.46. The average molecular weight is 453 g/mol. The fourth-order valence-electron chi connectivity index (χ4n) is 4.61. The van der Waals surface area contributed by atoms with Crippen LogP contribution in [0.4, 0.5) is 8.78 Å². The Morgan fingerprint density at radius 2 is 1.72 bits per heavy atom. The summed E-state index contributed by atoms with van der Waals surface area (Å²) in [6.45, 7) is 5.08. The number of thiophene rings is 1. The molecule has 2 fully saturated rings. The summed E-state index contributed by atoms with van der Waals surface area (Å²) in [4.78, 5) is 4.86. The quantitative estimate of drug-likeness (QED) is 0.452. The standard InChI is InChI=1S/C27H30F2N2S/c1-19-2-4-20(5-3-19)17-31-14-12-27(29,13-15-31)18-30-24-16-23(24)26-11-10-25(32-26)21-6-8-22(28)9-7-21/h2-11,23-24,30H,12-18H2,1H3. The number of likely N-dealkylation sites (tertiary alicyclic amines) is 1. The van der Waals surface area contributed by atoms with Crippen molar-refractivity contribution in [1.82, 2.24) is 10.2 Å². The molecule has 0 radical (unpaired) electrons. The maximum absolute atomic E-state index is 15.4. The van der Waals surface area contributed by atoms with Crippen molar-refractivity contribution >= 4 is 11.3 Å². The summed E-state index contributed by atoms with van der Waals surface area (Å²) in [6, 6.07) is 19.9. The minimum absolute atomic E-state index is 0.210. The Hall–Kier alpha value is -2.08. The second-order valence-electron chi connectivity index (χ2n) is 9.45. The third-order valence-corrected chi connectivity index (χ3v) is 8.14. The summed E-state index contributed by atoms with van der Waals surface area (Å²) in [5.74, 6) is 0.262. The van der Waals surface area contributed by atoms with Crippen LogP contribution in [0.1, 0.15) is 41.2 Å². The number of piperidine rings is 1. The monoisotopic (exact) mass is 452 g/mol. The lowest BCUT2D eigenvalue weighted by Crippen LogP contribution is -2.47. The molecule has 32 heavy (non-hydrogen) atoms. The van der Waals surface area contributed by atoms with Crippen molar-refractivity contribution in [2.45, 2.75) is 50.4 Å². The fourth-order valence-corrected chi connectivity index (χ4v) is 5.80. The molecule has 2 heterocycles. The SMILES string of the molecule is Cc1ccc(CN2CCC(F)(CNC3CC3c3ccc(-c4ccc(F)cc4)s3)CC2)cc1. The fraction of sp³-hybridized carbons (Fsp3) is 0.407. The molecule has 2 unspecified atom stereocenters. The predicted octanol–water partition coefficient (Wildman–Crippen LogP) is 6.31. The van der Waals surface area contributed by atoms with Gasteiger partial charge in [-0.1, -0.05) is 42.0 Å². The van der Waals surface area contributed by atoms with Gasteiger partial charge in [0, 0.05) is 47.9 Å². The van der Waals surface area contributed by atoms with Crippen LogP contribution in [0.25, 0.3) is 10.4 Å². The van der Waals surface area contributed by atoms with Gasteiger partial charge in [-0.3, -0.25) is 4.90 Å². The summed E-state index contributed by atoms with van der Waals surface area (Å²) in [5.41, 5.74) is 2.52. The molecule has 5 heteroatoms. The normalized spacial score (nSPS) is 22.7. The van der Waals surface area contributed by atoms with Crippen molar-refractivity contribution in [3.05, 3.63) is 82.5 Å². The molecule has 0 amide bonds. The van der Waals surface area contributed by atoms with E-state index in [2.05, 4.69) is 53.5 Å². The van der Waals surface area contributed by atoms with Gasteiger partial charge in [0.2, 0.25) is 0 Å².